The molecule has 0 atom stereocenters. The summed E-state index contributed by atoms with van der Waals surface area (Å²) in [5, 5.41) is 6.35. The molecule has 6 heteroatoms. The van der Waals surface area contributed by atoms with Crippen LogP contribution in [0.5, 0.6) is 0 Å². The normalized spacial score (nSPS) is 18.0. The van der Waals surface area contributed by atoms with Gasteiger partial charge in [-0.2, -0.15) is 0 Å². The summed E-state index contributed by atoms with van der Waals surface area (Å²) in [6.07, 6.45) is 6.51. The summed E-state index contributed by atoms with van der Waals surface area (Å²) < 4.78 is 0. The van der Waals surface area contributed by atoms with Crippen molar-refractivity contribution in [1.29, 1.82) is 0 Å². The topological polar surface area (TPSA) is 74.3 Å². The third-order valence-electron chi connectivity index (χ3n) is 5.11. The van der Waals surface area contributed by atoms with Crippen LogP contribution in [0.4, 0.5) is 5.82 Å². The van der Waals surface area contributed by atoms with Gasteiger partial charge in [0.2, 0.25) is 5.91 Å². The number of aromatic nitrogens is 1. The zero-order chi connectivity index (χ0) is 18.5. The lowest BCUT2D eigenvalue weighted by molar-refractivity contribution is -0.126. The molecule has 1 aliphatic heterocycles. The number of hydrogen-bond acceptors (Lipinski definition) is 4. The van der Waals surface area contributed by atoms with Gasteiger partial charge < -0.3 is 15.5 Å². The summed E-state index contributed by atoms with van der Waals surface area (Å²) in [6, 6.07) is 4.26. The predicted molar refractivity (Wildman–Crippen MR) is 102 cm³/mol. The number of carbonyl (C=O) groups is 2. The van der Waals surface area contributed by atoms with E-state index in [4.69, 9.17) is 0 Å². The molecule has 2 aliphatic rings. The van der Waals surface area contributed by atoms with E-state index in [-0.39, 0.29) is 17.7 Å². The summed E-state index contributed by atoms with van der Waals surface area (Å²) in [4.78, 5) is 31.0. The first kappa shape index (κ1) is 18.7. The number of hydrogen-bond donors (Lipinski definition) is 2. The lowest BCUT2D eigenvalue weighted by Gasteiger charge is -2.31. The first-order chi connectivity index (χ1) is 12.5. The van der Waals surface area contributed by atoms with Crippen molar-refractivity contribution in [3.05, 3.63) is 23.9 Å². The summed E-state index contributed by atoms with van der Waals surface area (Å²) in [5.41, 5.74) is 0.617. The van der Waals surface area contributed by atoms with Gasteiger partial charge in [0.25, 0.3) is 5.91 Å². The number of piperidine rings is 1. The minimum atomic E-state index is 0.00846. The zero-order valence-corrected chi connectivity index (χ0v) is 15.8. The molecule has 1 aromatic rings. The minimum Gasteiger partial charge on any atom is -0.367 e. The molecule has 142 valence electrons. The maximum Gasteiger partial charge on any atom is 0.255 e. The van der Waals surface area contributed by atoms with Gasteiger partial charge in [0.05, 0.1) is 5.56 Å². The van der Waals surface area contributed by atoms with Crippen LogP contribution in [0.25, 0.3) is 0 Å². The number of rotatable bonds is 7. The molecule has 0 unspecified atom stereocenters. The van der Waals surface area contributed by atoms with E-state index in [2.05, 4.69) is 29.5 Å². The first-order valence-electron chi connectivity index (χ1n) is 9.82. The van der Waals surface area contributed by atoms with Crippen LogP contribution < -0.4 is 10.6 Å². The van der Waals surface area contributed by atoms with Crippen molar-refractivity contribution < 1.29 is 9.59 Å². The van der Waals surface area contributed by atoms with Gasteiger partial charge >= 0.3 is 0 Å². The van der Waals surface area contributed by atoms with E-state index >= 15 is 0 Å². The molecule has 0 spiro atoms. The van der Waals surface area contributed by atoms with Crippen LogP contribution in [0.2, 0.25) is 0 Å². The van der Waals surface area contributed by atoms with Crippen LogP contribution in [-0.2, 0) is 4.79 Å². The van der Waals surface area contributed by atoms with Gasteiger partial charge in [-0.25, -0.2) is 4.98 Å². The molecular formula is C20H30N4O2. The Morgan fingerprint density at radius 3 is 2.50 bits per heavy atom. The number of pyridine rings is 1. The Labute approximate surface area is 155 Å². The minimum absolute atomic E-state index is 0.00846. The summed E-state index contributed by atoms with van der Waals surface area (Å²) in [5.74, 6) is 1.59. The second kappa shape index (κ2) is 8.52. The van der Waals surface area contributed by atoms with Crippen molar-refractivity contribution >= 4 is 17.6 Å². The van der Waals surface area contributed by atoms with Crippen LogP contribution in [0.3, 0.4) is 0 Å². The Morgan fingerprint density at radius 2 is 1.92 bits per heavy atom. The first-order valence-corrected chi connectivity index (χ1v) is 9.82. The summed E-state index contributed by atoms with van der Waals surface area (Å²) in [7, 11) is 0. The van der Waals surface area contributed by atoms with E-state index in [1.807, 2.05) is 17.0 Å². The van der Waals surface area contributed by atoms with Gasteiger partial charge in [-0.3, -0.25) is 9.59 Å². The molecule has 6 nitrogen and oxygen atoms in total. The number of nitrogens with zero attached hydrogens (tertiary/aromatic N) is 2. The standard InChI is InChI=1S/C20H30N4O2/c1-14(2)7-10-21-19(25)15-8-11-24(12-9-15)20(26)16-3-6-18(22-13-16)23-17-4-5-17/h3,6,13-15,17H,4-5,7-12H2,1-2H3,(H,21,25)(H,22,23). The van der Waals surface area contributed by atoms with Crippen molar-refractivity contribution in [1.82, 2.24) is 15.2 Å². The Morgan fingerprint density at radius 1 is 1.19 bits per heavy atom. The molecular weight excluding hydrogens is 328 g/mol. The third-order valence-corrected chi connectivity index (χ3v) is 5.11. The summed E-state index contributed by atoms with van der Waals surface area (Å²) >= 11 is 0. The average molecular weight is 358 g/mol. The molecule has 0 bridgehead atoms. The number of likely N-dealkylation sites (tertiary alicyclic amines) is 1. The van der Waals surface area contributed by atoms with Gasteiger partial charge in [-0.05, 0) is 50.2 Å². The smallest absolute Gasteiger partial charge is 0.255 e. The quantitative estimate of drug-likeness (QED) is 0.786. The summed E-state index contributed by atoms with van der Waals surface area (Å²) in [6.45, 7) is 6.30. The number of anilines is 1. The van der Waals surface area contributed by atoms with Gasteiger partial charge in [0.1, 0.15) is 5.82 Å². The van der Waals surface area contributed by atoms with E-state index in [9.17, 15) is 9.59 Å². The van der Waals surface area contributed by atoms with Crippen LogP contribution in [0.15, 0.2) is 18.3 Å². The fraction of sp³-hybridized carbons (Fsp3) is 0.650. The lowest BCUT2D eigenvalue weighted by atomic mass is 9.95. The predicted octanol–water partition coefficient (Wildman–Crippen LogP) is 2.67. The molecule has 1 aliphatic carbocycles. The molecule has 2 fully saturated rings. The van der Waals surface area contributed by atoms with Gasteiger partial charge in [0, 0.05) is 37.8 Å². The van der Waals surface area contributed by atoms with Gasteiger partial charge in [-0.15, -0.1) is 0 Å². The van der Waals surface area contributed by atoms with Crippen molar-refractivity contribution in [3.8, 4) is 0 Å². The second-order valence-corrected chi connectivity index (χ2v) is 7.89. The van der Waals surface area contributed by atoms with Gasteiger partial charge in [-0.1, -0.05) is 13.8 Å². The average Bonchev–Trinajstić information content (AvgIpc) is 3.45. The molecule has 3 rings (SSSR count). The van der Waals surface area contributed by atoms with E-state index < -0.39 is 0 Å². The Kier molecular flexibility index (Phi) is 6.12. The molecule has 1 aromatic heterocycles. The van der Waals surface area contributed by atoms with Gasteiger partial charge in [0.15, 0.2) is 0 Å². The number of amides is 2. The largest absolute Gasteiger partial charge is 0.367 e. The zero-order valence-electron chi connectivity index (χ0n) is 15.8. The van der Waals surface area contributed by atoms with Crippen LogP contribution in [0.1, 0.15) is 56.3 Å². The van der Waals surface area contributed by atoms with E-state index in [0.29, 0.717) is 30.6 Å². The van der Waals surface area contributed by atoms with Crippen molar-refractivity contribution in [2.75, 3.05) is 25.0 Å². The maximum atomic E-state index is 12.6. The number of nitrogens with one attached hydrogen (secondary N) is 2. The van der Waals surface area contributed by atoms with E-state index in [1.54, 1.807) is 6.20 Å². The SMILES string of the molecule is CC(C)CCNC(=O)C1CCN(C(=O)c2ccc(NC3CC3)nc2)CC1. The Hall–Kier alpha value is -2.11. The highest BCUT2D eigenvalue weighted by Crippen LogP contribution is 2.24. The van der Waals surface area contributed by atoms with Crippen molar-refractivity contribution in [3.63, 3.8) is 0 Å². The molecule has 1 saturated carbocycles. The maximum absolute atomic E-state index is 12.6. The molecule has 2 N–H and O–H groups in total. The molecule has 26 heavy (non-hydrogen) atoms. The molecule has 0 radical (unpaired) electrons. The highest BCUT2D eigenvalue weighted by Gasteiger charge is 2.28. The second-order valence-electron chi connectivity index (χ2n) is 7.89. The molecule has 1 saturated heterocycles. The Balaban J connectivity index is 1.44. The third kappa shape index (κ3) is 5.19. The van der Waals surface area contributed by atoms with Crippen LogP contribution >= 0.6 is 0 Å². The molecule has 2 amide bonds. The van der Waals surface area contributed by atoms with E-state index in [0.717, 1.165) is 31.6 Å². The molecule has 2 heterocycles. The Bertz CT molecular complexity index is 617. The van der Waals surface area contributed by atoms with Crippen molar-refractivity contribution in [2.24, 2.45) is 11.8 Å². The lowest BCUT2D eigenvalue weighted by Crippen LogP contribution is -2.43. The highest BCUT2D eigenvalue weighted by atomic mass is 16.2. The highest BCUT2D eigenvalue weighted by molar-refractivity contribution is 5.94. The van der Waals surface area contributed by atoms with Crippen LogP contribution in [0, 0.1) is 11.8 Å². The van der Waals surface area contributed by atoms with Crippen molar-refractivity contribution in [2.45, 2.75) is 52.0 Å². The fourth-order valence-corrected chi connectivity index (χ4v) is 3.20. The van der Waals surface area contributed by atoms with Crippen LogP contribution in [-0.4, -0.2) is 47.4 Å². The molecule has 0 aromatic carbocycles. The number of carbonyl (C=O) groups excluding carboxylic acids is 2. The van der Waals surface area contributed by atoms with E-state index in [1.165, 1.54) is 12.8 Å². The monoisotopic (exact) mass is 358 g/mol. The fourth-order valence-electron chi connectivity index (χ4n) is 3.20.